The lowest BCUT2D eigenvalue weighted by Crippen LogP contribution is -2.36. The molecule has 0 bridgehead atoms. The first-order chi connectivity index (χ1) is 15.1. The molecule has 1 aromatic carbocycles. The Morgan fingerprint density at radius 3 is 2.71 bits per heavy atom. The normalized spacial score (nSPS) is 20.0. The summed E-state index contributed by atoms with van der Waals surface area (Å²) in [5.74, 6) is 2.19. The number of halogens is 1. The van der Waals surface area contributed by atoms with E-state index in [4.69, 9.17) is 16.0 Å². The van der Waals surface area contributed by atoms with Crippen molar-refractivity contribution < 1.29 is 9.21 Å². The number of amides is 1. The Bertz CT molecular complexity index is 1040. The van der Waals surface area contributed by atoms with E-state index in [9.17, 15) is 4.79 Å². The number of aromatic nitrogens is 1. The molecule has 3 heterocycles. The van der Waals surface area contributed by atoms with Gasteiger partial charge in [-0.15, -0.1) is 0 Å². The van der Waals surface area contributed by atoms with Crippen LogP contribution in [-0.4, -0.2) is 28.9 Å². The maximum Gasteiger partial charge on any atom is 0.223 e. The quantitative estimate of drug-likeness (QED) is 0.597. The lowest BCUT2D eigenvalue weighted by atomic mass is 9.90. The van der Waals surface area contributed by atoms with Gasteiger partial charge in [-0.25, -0.2) is 0 Å². The van der Waals surface area contributed by atoms with Crippen molar-refractivity contribution in [2.75, 3.05) is 13.1 Å². The zero-order chi connectivity index (χ0) is 21.3. The van der Waals surface area contributed by atoms with Crippen LogP contribution in [0, 0.1) is 11.3 Å². The maximum atomic E-state index is 12.6. The molecule has 1 aliphatic carbocycles. The Kier molecular flexibility index (Phi) is 5.55. The fourth-order valence-electron chi connectivity index (χ4n) is 4.70. The van der Waals surface area contributed by atoms with Crippen LogP contribution in [0.4, 0.5) is 0 Å². The number of hydrogen-bond donors (Lipinski definition) is 1. The van der Waals surface area contributed by atoms with Crippen molar-refractivity contribution in [2.45, 2.75) is 32.4 Å². The zero-order valence-electron chi connectivity index (χ0n) is 17.4. The first-order valence-electron chi connectivity index (χ1n) is 10.8. The number of carbonyl (C=O) groups is 1. The van der Waals surface area contributed by atoms with Gasteiger partial charge < -0.3 is 9.73 Å². The van der Waals surface area contributed by atoms with E-state index in [1.54, 1.807) is 12.4 Å². The van der Waals surface area contributed by atoms with Crippen LogP contribution in [0.5, 0.6) is 0 Å². The van der Waals surface area contributed by atoms with Crippen molar-refractivity contribution in [3.05, 3.63) is 77.3 Å². The Hall–Kier alpha value is -2.63. The molecule has 6 heteroatoms. The minimum absolute atomic E-state index is 0.159. The molecule has 5 nitrogen and oxygen atoms in total. The summed E-state index contributed by atoms with van der Waals surface area (Å²) in [6, 6.07) is 15.7. The van der Waals surface area contributed by atoms with Gasteiger partial charge in [-0.05, 0) is 85.8 Å². The van der Waals surface area contributed by atoms with Crippen LogP contribution >= 0.6 is 11.6 Å². The number of nitrogens with one attached hydrogen (secondary N) is 1. The van der Waals surface area contributed by atoms with E-state index in [1.807, 2.05) is 42.5 Å². The summed E-state index contributed by atoms with van der Waals surface area (Å²) in [7, 11) is 0. The Balaban J connectivity index is 1.10. The molecule has 1 saturated heterocycles. The van der Waals surface area contributed by atoms with Crippen molar-refractivity contribution in [1.82, 2.24) is 15.2 Å². The van der Waals surface area contributed by atoms with Crippen molar-refractivity contribution in [1.29, 1.82) is 0 Å². The Morgan fingerprint density at radius 2 is 1.97 bits per heavy atom. The minimum atomic E-state index is 0.159. The molecule has 1 N–H and O–H groups in total. The fourth-order valence-corrected chi connectivity index (χ4v) is 4.82. The third-order valence-electron chi connectivity index (χ3n) is 6.72. The molecule has 1 amide bonds. The van der Waals surface area contributed by atoms with Crippen LogP contribution in [-0.2, 0) is 17.9 Å². The van der Waals surface area contributed by atoms with E-state index in [1.165, 1.54) is 0 Å². The highest BCUT2D eigenvalue weighted by atomic mass is 35.5. The lowest BCUT2D eigenvalue weighted by molar-refractivity contribution is -0.123. The molecule has 1 atom stereocenters. The monoisotopic (exact) mass is 435 g/mol. The van der Waals surface area contributed by atoms with Gasteiger partial charge in [-0.2, -0.15) is 0 Å². The molecule has 5 rings (SSSR count). The molecule has 0 radical (unpaired) electrons. The number of hydrogen-bond acceptors (Lipinski definition) is 4. The van der Waals surface area contributed by atoms with Crippen LogP contribution in [0.25, 0.3) is 11.3 Å². The number of benzene rings is 1. The largest absolute Gasteiger partial charge is 0.460 e. The van der Waals surface area contributed by atoms with Crippen LogP contribution in [0.1, 0.15) is 30.6 Å². The van der Waals surface area contributed by atoms with Crippen molar-refractivity contribution >= 4 is 17.5 Å². The predicted molar refractivity (Wildman–Crippen MR) is 120 cm³/mol. The molecule has 2 fully saturated rings. The topological polar surface area (TPSA) is 58.4 Å². The molecule has 2 aromatic heterocycles. The number of likely N-dealkylation sites (tertiary alicyclic amines) is 1. The zero-order valence-corrected chi connectivity index (χ0v) is 18.1. The third kappa shape index (κ3) is 4.53. The van der Waals surface area contributed by atoms with E-state index in [0.717, 1.165) is 66.6 Å². The average molecular weight is 436 g/mol. The van der Waals surface area contributed by atoms with Gasteiger partial charge in [-0.3, -0.25) is 14.7 Å². The molecule has 160 valence electrons. The van der Waals surface area contributed by atoms with Gasteiger partial charge in [0.15, 0.2) is 0 Å². The number of furan rings is 1. The summed E-state index contributed by atoms with van der Waals surface area (Å²) in [5, 5.41) is 3.81. The number of piperidine rings is 1. The SMILES string of the molecule is O=C(NCc1cccnc1)C1CC12CCN(Cc1ccc(-c3ccc(Cl)cc3)o1)CC2. The maximum absolute atomic E-state index is 12.6. The van der Waals surface area contributed by atoms with Crippen molar-refractivity contribution in [3.8, 4) is 11.3 Å². The van der Waals surface area contributed by atoms with Gasteiger partial charge in [0, 0.05) is 35.4 Å². The van der Waals surface area contributed by atoms with Gasteiger partial charge in [-0.1, -0.05) is 17.7 Å². The number of nitrogens with zero attached hydrogens (tertiary/aromatic N) is 2. The number of pyridine rings is 1. The highest BCUT2D eigenvalue weighted by Gasteiger charge is 2.58. The summed E-state index contributed by atoms with van der Waals surface area (Å²) in [6.45, 7) is 3.37. The minimum Gasteiger partial charge on any atom is -0.460 e. The van der Waals surface area contributed by atoms with Crippen LogP contribution in [0.3, 0.4) is 0 Å². The fraction of sp³-hybridized carbons (Fsp3) is 0.360. The molecule has 2 aliphatic rings. The second kappa shape index (κ2) is 8.48. The highest BCUT2D eigenvalue weighted by Crippen LogP contribution is 2.59. The smallest absolute Gasteiger partial charge is 0.223 e. The Labute approximate surface area is 187 Å². The van der Waals surface area contributed by atoms with Crippen molar-refractivity contribution in [3.63, 3.8) is 0 Å². The molecule has 1 unspecified atom stereocenters. The average Bonchev–Trinajstić information content (AvgIpc) is 3.30. The standard InChI is InChI=1S/C25H26ClN3O2/c26-20-5-3-19(4-6-20)23-8-7-21(31-23)17-29-12-9-25(10-13-29)14-22(25)24(30)28-16-18-2-1-11-27-15-18/h1-8,11,15,22H,9-10,12-14,16-17H2,(H,28,30). The number of rotatable bonds is 6. The van der Waals surface area contributed by atoms with E-state index < -0.39 is 0 Å². The van der Waals surface area contributed by atoms with E-state index >= 15 is 0 Å². The highest BCUT2D eigenvalue weighted by molar-refractivity contribution is 6.30. The van der Waals surface area contributed by atoms with Gasteiger partial charge >= 0.3 is 0 Å². The predicted octanol–water partition coefficient (Wildman–Crippen LogP) is 4.91. The summed E-state index contributed by atoms with van der Waals surface area (Å²) >= 11 is 5.97. The van der Waals surface area contributed by atoms with Gasteiger partial charge in [0.05, 0.1) is 6.54 Å². The van der Waals surface area contributed by atoms with Gasteiger partial charge in [0.1, 0.15) is 11.5 Å². The summed E-state index contributed by atoms with van der Waals surface area (Å²) < 4.78 is 6.06. The van der Waals surface area contributed by atoms with Crippen LogP contribution in [0.15, 0.2) is 65.3 Å². The Morgan fingerprint density at radius 1 is 1.16 bits per heavy atom. The third-order valence-corrected chi connectivity index (χ3v) is 6.97. The van der Waals surface area contributed by atoms with E-state index in [2.05, 4.69) is 21.3 Å². The first kappa shape index (κ1) is 20.3. The molecule has 3 aromatic rings. The molecule has 31 heavy (non-hydrogen) atoms. The molecular formula is C25H26ClN3O2. The molecular weight excluding hydrogens is 410 g/mol. The van der Waals surface area contributed by atoms with Crippen molar-refractivity contribution in [2.24, 2.45) is 11.3 Å². The molecule has 1 saturated carbocycles. The first-order valence-corrected chi connectivity index (χ1v) is 11.2. The molecule has 1 aliphatic heterocycles. The van der Waals surface area contributed by atoms with E-state index in [0.29, 0.717) is 6.54 Å². The van der Waals surface area contributed by atoms with E-state index in [-0.39, 0.29) is 17.2 Å². The summed E-state index contributed by atoms with van der Waals surface area (Å²) in [5.41, 5.74) is 2.27. The van der Waals surface area contributed by atoms with Crippen LogP contribution in [0.2, 0.25) is 5.02 Å². The summed E-state index contributed by atoms with van der Waals surface area (Å²) in [4.78, 5) is 19.1. The van der Waals surface area contributed by atoms with Gasteiger partial charge in [0.25, 0.3) is 0 Å². The second-order valence-corrected chi connectivity index (χ2v) is 9.18. The number of carbonyl (C=O) groups excluding carboxylic acids is 1. The summed E-state index contributed by atoms with van der Waals surface area (Å²) in [6.07, 6.45) is 6.71. The lowest BCUT2D eigenvalue weighted by Gasteiger charge is -2.32. The van der Waals surface area contributed by atoms with Crippen LogP contribution < -0.4 is 5.32 Å². The van der Waals surface area contributed by atoms with Gasteiger partial charge in [0.2, 0.25) is 5.91 Å². The second-order valence-electron chi connectivity index (χ2n) is 8.75. The molecule has 1 spiro atoms.